The zero-order chi connectivity index (χ0) is 56.4. The van der Waals surface area contributed by atoms with Crippen molar-refractivity contribution in [2.24, 2.45) is 0 Å². The van der Waals surface area contributed by atoms with Crippen molar-refractivity contribution in [1.29, 1.82) is 0 Å². The molecule has 83 heavy (non-hydrogen) atoms. The van der Waals surface area contributed by atoms with Crippen LogP contribution >= 0.6 is 0 Å². The van der Waals surface area contributed by atoms with Crippen molar-refractivity contribution in [3.8, 4) is 45.3 Å². The molecule has 0 amide bonds. The molecule has 6 aromatic heterocycles. The summed E-state index contributed by atoms with van der Waals surface area (Å²) in [4.78, 5) is 10.9. The average molecular weight is 1070 g/mol. The first-order chi connectivity index (χ1) is 40.2. The van der Waals surface area contributed by atoms with E-state index in [1.54, 1.807) is 0 Å². The van der Waals surface area contributed by atoms with Gasteiger partial charge in [-0.3, -0.25) is 4.98 Å². The van der Waals surface area contributed by atoms with Crippen LogP contribution in [0.3, 0.4) is 0 Å². The molecule has 16 rings (SSSR count). The molecule has 0 fully saturated rings. The molecule has 0 radical (unpaired) electrons. The van der Waals surface area contributed by atoms with Gasteiger partial charge in [0, 0.05) is 60.0 Å². The molecule has 0 spiro atoms. The maximum absolute atomic E-state index is 7.53. The van der Waals surface area contributed by atoms with Gasteiger partial charge in [-0.15, -0.1) is 0 Å². The van der Waals surface area contributed by atoms with E-state index in [2.05, 4.69) is 263 Å². The number of pyridine rings is 1. The van der Waals surface area contributed by atoms with Crippen LogP contribution in [0.1, 0.15) is 55.9 Å². The van der Waals surface area contributed by atoms with Gasteiger partial charge in [-0.2, -0.15) is 0 Å². The third-order valence-corrected chi connectivity index (χ3v) is 17.5. The zero-order valence-corrected chi connectivity index (χ0v) is 48.4. The summed E-state index contributed by atoms with van der Waals surface area (Å²) in [6, 6.07) is 68.6. The molecule has 7 nitrogen and oxygen atoms in total. The van der Waals surface area contributed by atoms with Gasteiger partial charge in [0.05, 0.1) is 72.4 Å². The fraction of sp³-hybridized carbons (Fsp3) is 0.132. The summed E-state index contributed by atoms with van der Waals surface area (Å²) in [5.41, 5.74) is 28.3. The number of hydrogen-bond donors (Lipinski definition) is 0. The Hall–Kier alpha value is -9.98. The number of rotatable bonds is 6. The third-order valence-electron chi connectivity index (χ3n) is 17.5. The monoisotopic (exact) mass is 1070 g/mol. The van der Waals surface area contributed by atoms with Gasteiger partial charge in [-0.05, 0) is 196 Å². The maximum atomic E-state index is 7.53. The molecule has 0 saturated heterocycles. The highest BCUT2D eigenvalue weighted by molar-refractivity contribution is 6.19. The molecule has 0 atom stereocenters. The summed E-state index contributed by atoms with van der Waals surface area (Å²) in [6.07, 6.45) is 0. The van der Waals surface area contributed by atoms with Crippen molar-refractivity contribution < 1.29 is 4.42 Å². The van der Waals surface area contributed by atoms with E-state index in [1.165, 1.54) is 87.6 Å². The molecule has 16 aromatic rings. The molecule has 0 aliphatic heterocycles. The van der Waals surface area contributed by atoms with E-state index in [9.17, 15) is 0 Å². The molecule has 0 unspecified atom stereocenters. The van der Waals surface area contributed by atoms with Crippen molar-refractivity contribution in [1.82, 2.24) is 28.2 Å². The maximum Gasteiger partial charge on any atom is 0.231 e. The van der Waals surface area contributed by atoms with E-state index in [4.69, 9.17) is 14.4 Å². The topological polar surface area (TPSA) is 58.6 Å². The van der Waals surface area contributed by atoms with Gasteiger partial charge < -0.3 is 22.7 Å². The van der Waals surface area contributed by atoms with Crippen LogP contribution in [0.25, 0.3) is 144 Å². The van der Waals surface area contributed by atoms with E-state index < -0.39 is 0 Å². The second kappa shape index (κ2) is 17.8. The summed E-state index contributed by atoms with van der Waals surface area (Å²) in [5.74, 6) is 0.510. The summed E-state index contributed by atoms with van der Waals surface area (Å²) in [7, 11) is 0. The lowest BCUT2D eigenvalue weighted by Gasteiger charge is -2.30. The van der Waals surface area contributed by atoms with Crippen molar-refractivity contribution in [2.45, 2.75) is 69.2 Å². The molecule has 400 valence electrons. The second-order valence-electron chi connectivity index (χ2n) is 23.8. The van der Waals surface area contributed by atoms with Crippen LogP contribution in [-0.4, -0.2) is 28.2 Å². The Morgan fingerprint density at radius 3 is 0.819 bits per heavy atom. The van der Waals surface area contributed by atoms with E-state index in [0.717, 1.165) is 100 Å². The van der Waals surface area contributed by atoms with Crippen molar-refractivity contribution >= 4 is 98.3 Å². The highest BCUT2D eigenvalue weighted by atomic mass is 16.3. The van der Waals surface area contributed by atoms with Crippen LogP contribution in [0.5, 0.6) is 0 Å². The van der Waals surface area contributed by atoms with Crippen LogP contribution < -0.4 is 0 Å². The highest BCUT2D eigenvalue weighted by Gasteiger charge is 2.37. The highest BCUT2D eigenvalue weighted by Crippen LogP contribution is 2.55. The van der Waals surface area contributed by atoms with Crippen molar-refractivity contribution in [3.05, 3.63) is 238 Å². The van der Waals surface area contributed by atoms with Crippen LogP contribution in [0.2, 0.25) is 0 Å². The molecule has 0 bridgehead atoms. The van der Waals surface area contributed by atoms with E-state index in [-0.39, 0.29) is 0 Å². The molecule has 0 saturated carbocycles. The summed E-state index contributed by atoms with van der Waals surface area (Å²) < 4.78 is 17.8. The number of hydrogen-bond acceptors (Lipinski definition) is 3. The van der Waals surface area contributed by atoms with E-state index in [1.807, 2.05) is 6.07 Å². The van der Waals surface area contributed by atoms with Crippen LogP contribution in [-0.2, 0) is 0 Å². The molecular formula is C76H60N6O. The Labute approximate surface area is 480 Å². The number of aryl methyl sites for hydroxylation is 10. The lowest BCUT2D eigenvalue weighted by Crippen LogP contribution is -2.16. The predicted molar refractivity (Wildman–Crippen MR) is 347 cm³/mol. The number of nitrogens with zero attached hydrogens (tertiary/aromatic N) is 6. The Morgan fingerprint density at radius 2 is 0.542 bits per heavy atom. The molecule has 10 aromatic carbocycles. The minimum absolute atomic E-state index is 0.510. The quantitative estimate of drug-likeness (QED) is 0.167. The average Bonchev–Trinajstić information content (AvgIpc) is 1.86. The van der Waals surface area contributed by atoms with Crippen LogP contribution in [0.4, 0.5) is 0 Å². The molecule has 0 aliphatic carbocycles. The van der Waals surface area contributed by atoms with Gasteiger partial charge in [0.2, 0.25) is 5.89 Å². The van der Waals surface area contributed by atoms with Crippen molar-refractivity contribution in [2.75, 3.05) is 0 Å². The lowest BCUT2D eigenvalue weighted by molar-refractivity contribution is 0.619. The number of aromatic nitrogens is 6. The standard InChI is InChI=1S/C76H60N6O/c1-41-15-23-61-52(31-41)53-32-42(2)16-24-62(53)79(61)72-70(51-39-49(9)77-50(10)40-51)73(80-63-25-17-43(3)33-54(63)55-34-44(4)18-26-64(55)80)75(82-67-29-21-47(7)37-58(67)59-38-48(8)22-30-68(59)82)71(76-78-60-13-11-12-14-69(60)83-76)74(72)81-65-27-19-45(5)35-56(65)57-36-46(6)20-28-66(57)81/h11-40H,1-10H3. The Morgan fingerprint density at radius 1 is 0.277 bits per heavy atom. The minimum Gasteiger partial charge on any atom is -0.436 e. The fourth-order valence-corrected chi connectivity index (χ4v) is 14.0. The first-order valence-electron chi connectivity index (χ1n) is 28.9. The first kappa shape index (κ1) is 48.9. The summed E-state index contributed by atoms with van der Waals surface area (Å²) in [5, 5.41) is 9.41. The van der Waals surface area contributed by atoms with Gasteiger partial charge >= 0.3 is 0 Å². The van der Waals surface area contributed by atoms with Gasteiger partial charge in [0.1, 0.15) is 5.52 Å². The Balaban J connectivity index is 1.32. The molecule has 0 aliphatic rings. The molecule has 7 heteroatoms. The smallest absolute Gasteiger partial charge is 0.231 e. The number of fused-ring (bicyclic) bond motifs is 13. The largest absolute Gasteiger partial charge is 0.436 e. The van der Waals surface area contributed by atoms with Crippen LogP contribution in [0.15, 0.2) is 186 Å². The number of para-hydroxylation sites is 2. The van der Waals surface area contributed by atoms with E-state index in [0.29, 0.717) is 11.5 Å². The second-order valence-corrected chi connectivity index (χ2v) is 23.8. The fourth-order valence-electron chi connectivity index (χ4n) is 14.0. The van der Waals surface area contributed by atoms with Gasteiger partial charge in [0.15, 0.2) is 5.58 Å². The van der Waals surface area contributed by atoms with Gasteiger partial charge in [-0.1, -0.05) is 105 Å². The van der Waals surface area contributed by atoms with Crippen LogP contribution in [0, 0.1) is 69.2 Å². The normalized spacial score (nSPS) is 12.2. The summed E-state index contributed by atoms with van der Waals surface area (Å²) >= 11 is 0. The lowest BCUT2D eigenvalue weighted by atomic mass is 9.92. The van der Waals surface area contributed by atoms with Gasteiger partial charge in [0.25, 0.3) is 0 Å². The number of oxazole rings is 1. The molecule has 0 N–H and O–H groups in total. The van der Waals surface area contributed by atoms with E-state index >= 15 is 0 Å². The summed E-state index contributed by atoms with van der Waals surface area (Å²) in [6.45, 7) is 21.9. The Kier molecular flexibility index (Phi) is 10.5. The minimum atomic E-state index is 0.510. The SMILES string of the molecule is Cc1ccc2c(c1)c1cc(C)ccc1n2-c1c(-c2cc(C)nc(C)c2)c(-n2c3ccc(C)cc3c3cc(C)ccc32)c(-n2c3ccc(C)cc3c3cc(C)ccc32)c(-c2nc3ccccc3o2)c1-n1c2ccc(C)cc2c2cc(C)ccc21. The van der Waals surface area contributed by atoms with Gasteiger partial charge in [-0.25, -0.2) is 4.98 Å². The first-order valence-corrected chi connectivity index (χ1v) is 28.9. The molecular weight excluding hydrogens is 1010 g/mol. The molecule has 6 heterocycles. The Bertz CT molecular complexity index is 4950. The van der Waals surface area contributed by atoms with Crippen molar-refractivity contribution in [3.63, 3.8) is 0 Å². The predicted octanol–water partition coefficient (Wildman–Crippen LogP) is 20.0. The third kappa shape index (κ3) is 7.23. The number of benzene rings is 10. The zero-order valence-electron chi connectivity index (χ0n) is 48.4.